The van der Waals surface area contributed by atoms with Crippen molar-refractivity contribution in [3.63, 3.8) is 0 Å². The van der Waals surface area contributed by atoms with Crippen LogP contribution >= 0.6 is 0 Å². The van der Waals surface area contributed by atoms with E-state index in [0.717, 1.165) is 23.5 Å². The Bertz CT molecular complexity index is 299. The molecular formula is C11H18N2O. The lowest BCUT2D eigenvalue weighted by molar-refractivity contribution is 0.260. The van der Waals surface area contributed by atoms with Gasteiger partial charge in [-0.05, 0) is 44.5 Å². The Balaban J connectivity index is 2.88. The number of rotatable bonds is 4. The molecule has 78 valence electrons. The lowest BCUT2D eigenvalue weighted by atomic mass is 10.1. The smallest absolute Gasteiger partial charge is 0.0638 e. The molecule has 0 saturated heterocycles. The summed E-state index contributed by atoms with van der Waals surface area (Å²) < 4.78 is 0. The second-order valence-corrected chi connectivity index (χ2v) is 3.25. The minimum absolute atomic E-state index is 0.597. The van der Waals surface area contributed by atoms with Crippen LogP contribution in [0, 0.1) is 6.92 Å². The van der Waals surface area contributed by atoms with Crippen LogP contribution in [0.2, 0.25) is 0 Å². The van der Waals surface area contributed by atoms with Gasteiger partial charge < -0.3 is 5.32 Å². The van der Waals surface area contributed by atoms with Gasteiger partial charge >= 0.3 is 0 Å². The van der Waals surface area contributed by atoms with Gasteiger partial charge in [0.25, 0.3) is 0 Å². The van der Waals surface area contributed by atoms with Crippen LogP contribution in [0.15, 0.2) is 18.2 Å². The van der Waals surface area contributed by atoms with Crippen LogP contribution < -0.4 is 10.4 Å². The van der Waals surface area contributed by atoms with Gasteiger partial charge in [-0.25, -0.2) is 0 Å². The Labute approximate surface area is 85.3 Å². The topological polar surface area (TPSA) is 35.5 Å². The maximum absolute atomic E-state index is 9.49. The molecule has 0 unspecified atom stereocenters. The lowest BCUT2D eigenvalue weighted by Gasteiger charge is -2.16. The third kappa shape index (κ3) is 2.39. The summed E-state index contributed by atoms with van der Waals surface area (Å²) >= 11 is 0. The summed E-state index contributed by atoms with van der Waals surface area (Å²) in [6, 6.07) is 5.88. The van der Waals surface area contributed by atoms with Crippen molar-refractivity contribution in [3.05, 3.63) is 23.8 Å². The van der Waals surface area contributed by atoms with Gasteiger partial charge in [0.2, 0.25) is 0 Å². The molecule has 0 spiro atoms. The van der Waals surface area contributed by atoms with Crippen LogP contribution in [0.3, 0.4) is 0 Å². The first-order valence-corrected chi connectivity index (χ1v) is 5.00. The molecule has 0 fully saturated rings. The third-order valence-electron chi connectivity index (χ3n) is 2.17. The lowest BCUT2D eigenvalue weighted by Crippen LogP contribution is -2.16. The van der Waals surface area contributed by atoms with E-state index in [4.69, 9.17) is 0 Å². The molecule has 3 heteroatoms. The Kier molecular flexibility index (Phi) is 3.77. The van der Waals surface area contributed by atoms with Crippen molar-refractivity contribution in [2.45, 2.75) is 20.8 Å². The van der Waals surface area contributed by atoms with Gasteiger partial charge in [0.1, 0.15) is 0 Å². The summed E-state index contributed by atoms with van der Waals surface area (Å²) in [6.07, 6.45) is 0. The average molecular weight is 194 g/mol. The minimum atomic E-state index is 0.597. The number of hydroxylamine groups is 1. The minimum Gasteiger partial charge on any atom is -0.385 e. The van der Waals surface area contributed by atoms with Crippen LogP contribution in [-0.4, -0.2) is 18.3 Å². The first-order valence-electron chi connectivity index (χ1n) is 5.00. The molecule has 3 nitrogen and oxygen atoms in total. The summed E-state index contributed by atoms with van der Waals surface area (Å²) in [7, 11) is 0. The molecule has 14 heavy (non-hydrogen) atoms. The van der Waals surface area contributed by atoms with Gasteiger partial charge in [0, 0.05) is 18.8 Å². The predicted molar refractivity (Wildman–Crippen MR) is 60.1 cm³/mol. The zero-order valence-electron chi connectivity index (χ0n) is 9.04. The average Bonchev–Trinajstić information content (AvgIpc) is 2.20. The SMILES string of the molecule is CCNc1ccc(N(O)CC)cc1C. The second-order valence-electron chi connectivity index (χ2n) is 3.25. The second kappa shape index (κ2) is 4.86. The molecule has 1 aromatic carbocycles. The van der Waals surface area contributed by atoms with E-state index >= 15 is 0 Å². The quantitative estimate of drug-likeness (QED) is 0.723. The van der Waals surface area contributed by atoms with E-state index in [0.29, 0.717) is 6.54 Å². The van der Waals surface area contributed by atoms with Crippen molar-refractivity contribution in [1.82, 2.24) is 0 Å². The Morgan fingerprint density at radius 3 is 2.57 bits per heavy atom. The van der Waals surface area contributed by atoms with E-state index in [1.54, 1.807) is 0 Å². The first kappa shape index (κ1) is 10.9. The molecule has 0 heterocycles. The van der Waals surface area contributed by atoms with E-state index in [1.165, 1.54) is 5.06 Å². The van der Waals surface area contributed by atoms with Crippen LogP contribution in [0.25, 0.3) is 0 Å². The van der Waals surface area contributed by atoms with Crippen molar-refractivity contribution >= 4 is 11.4 Å². The van der Waals surface area contributed by atoms with Crippen LogP contribution in [0.5, 0.6) is 0 Å². The summed E-state index contributed by atoms with van der Waals surface area (Å²) in [5.41, 5.74) is 3.12. The van der Waals surface area contributed by atoms with E-state index in [1.807, 2.05) is 32.0 Å². The van der Waals surface area contributed by atoms with Gasteiger partial charge in [0.05, 0.1) is 5.69 Å². The number of aryl methyl sites for hydroxylation is 1. The highest BCUT2D eigenvalue weighted by Crippen LogP contribution is 2.21. The Morgan fingerprint density at radius 1 is 1.36 bits per heavy atom. The Morgan fingerprint density at radius 2 is 2.07 bits per heavy atom. The van der Waals surface area contributed by atoms with E-state index in [2.05, 4.69) is 12.2 Å². The molecule has 0 aromatic heterocycles. The number of anilines is 2. The van der Waals surface area contributed by atoms with Crippen LogP contribution in [0.4, 0.5) is 11.4 Å². The molecule has 0 aliphatic carbocycles. The molecule has 2 N–H and O–H groups in total. The molecular weight excluding hydrogens is 176 g/mol. The molecule has 0 radical (unpaired) electrons. The van der Waals surface area contributed by atoms with Crippen molar-refractivity contribution in [3.8, 4) is 0 Å². The van der Waals surface area contributed by atoms with Crippen molar-refractivity contribution < 1.29 is 5.21 Å². The van der Waals surface area contributed by atoms with Crippen LogP contribution in [-0.2, 0) is 0 Å². The highest BCUT2D eigenvalue weighted by molar-refractivity contribution is 5.59. The zero-order valence-corrected chi connectivity index (χ0v) is 9.04. The molecule has 0 saturated carbocycles. The fourth-order valence-corrected chi connectivity index (χ4v) is 1.38. The zero-order chi connectivity index (χ0) is 10.6. The molecule has 0 amide bonds. The fraction of sp³-hybridized carbons (Fsp3) is 0.455. The normalized spacial score (nSPS) is 10.0. The fourth-order valence-electron chi connectivity index (χ4n) is 1.38. The van der Waals surface area contributed by atoms with Gasteiger partial charge in [-0.2, -0.15) is 0 Å². The van der Waals surface area contributed by atoms with E-state index < -0.39 is 0 Å². The molecule has 0 atom stereocenters. The standard InChI is InChI=1S/C11H18N2O/c1-4-12-11-7-6-10(8-9(11)3)13(14)5-2/h6-8,12,14H,4-5H2,1-3H3. The van der Waals surface area contributed by atoms with Crippen molar-refractivity contribution in [2.75, 3.05) is 23.5 Å². The van der Waals surface area contributed by atoms with Crippen molar-refractivity contribution in [2.24, 2.45) is 0 Å². The molecule has 1 aromatic rings. The molecule has 1 rings (SSSR count). The van der Waals surface area contributed by atoms with Gasteiger partial charge in [-0.1, -0.05) is 0 Å². The summed E-state index contributed by atoms with van der Waals surface area (Å²) in [6.45, 7) is 7.52. The molecule has 0 aliphatic heterocycles. The number of nitrogens with one attached hydrogen (secondary N) is 1. The molecule has 0 bridgehead atoms. The number of hydrogen-bond acceptors (Lipinski definition) is 3. The third-order valence-corrected chi connectivity index (χ3v) is 2.17. The van der Waals surface area contributed by atoms with Gasteiger partial charge in [0.15, 0.2) is 0 Å². The number of nitrogens with zero attached hydrogens (tertiary/aromatic N) is 1. The van der Waals surface area contributed by atoms with Crippen molar-refractivity contribution in [1.29, 1.82) is 0 Å². The van der Waals surface area contributed by atoms with Crippen LogP contribution in [0.1, 0.15) is 19.4 Å². The van der Waals surface area contributed by atoms with Gasteiger partial charge in [-0.15, -0.1) is 0 Å². The maximum atomic E-state index is 9.49. The highest BCUT2D eigenvalue weighted by Gasteiger charge is 2.02. The monoisotopic (exact) mass is 194 g/mol. The Hall–Kier alpha value is -1.22. The first-order chi connectivity index (χ1) is 6.69. The molecule has 0 aliphatic rings. The maximum Gasteiger partial charge on any atom is 0.0638 e. The summed E-state index contributed by atoms with van der Waals surface area (Å²) in [4.78, 5) is 0. The summed E-state index contributed by atoms with van der Waals surface area (Å²) in [5, 5.41) is 14.0. The summed E-state index contributed by atoms with van der Waals surface area (Å²) in [5.74, 6) is 0. The highest BCUT2D eigenvalue weighted by atomic mass is 16.5. The van der Waals surface area contributed by atoms with E-state index in [-0.39, 0.29) is 0 Å². The van der Waals surface area contributed by atoms with Gasteiger partial charge in [-0.3, -0.25) is 10.3 Å². The largest absolute Gasteiger partial charge is 0.385 e. The van der Waals surface area contributed by atoms with E-state index in [9.17, 15) is 5.21 Å². The predicted octanol–water partition coefficient (Wildman–Crippen LogP) is 2.64. The number of benzene rings is 1. The number of hydrogen-bond donors (Lipinski definition) is 2.